The van der Waals surface area contributed by atoms with Gasteiger partial charge in [0.1, 0.15) is 5.82 Å². The third-order valence-electron chi connectivity index (χ3n) is 5.45. The fraction of sp³-hybridized carbons (Fsp3) is 0.208. The number of halogens is 1. The van der Waals surface area contributed by atoms with Crippen LogP contribution in [0.2, 0.25) is 0 Å². The average Bonchev–Trinajstić information content (AvgIpc) is 2.81. The first-order valence-electron chi connectivity index (χ1n) is 10.4. The Bertz CT molecular complexity index is 1180. The monoisotopic (exact) mass is 453 g/mol. The molecule has 3 aromatic rings. The largest absolute Gasteiger partial charge is 0.336 e. The van der Waals surface area contributed by atoms with Crippen molar-refractivity contribution in [2.24, 2.45) is 0 Å². The van der Waals surface area contributed by atoms with Gasteiger partial charge in [-0.3, -0.25) is 14.4 Å². The molecule has 4 rings (SSSR count). The van der Waals surface area contributed by atoms with Crippen LogP contribution in [0.4, 0.5) is 10.1 Å². The molecular formula is C24H24FN3O3S. The number of carbonyl (C=O) groups is 1. The predicted molar refractivity (Wildman–Crippen MR) is 121 cm³/mol. The van der Waals surface area contributed by atoms with Crippen molar-refractivity contribution in [3.05, 3.63) is 95.8 Å². The highest BCUT2D eigenvalue weighted by molar-refractivity contribution is 7.92. The van der Waals surface area contributed by atoms with Crippen molar-refractivity contribution >= 4 is 21.6 Å². The van der Waals surface area contributed by atoms with Crippen molar-refractivity contribution in [2.75, 3.05) is 30.9 Å². The van der Waals surface area contributed by atoms with Crippen LogP contribution < -0.4 is 4.72 Å². The van der Waals surface area contributed by atoms with Gasteiger partial charge >= 0.3 is 0 Å². The van der Waals surface area contributed by atoms with E-state index in [1.54, 1.807) is 59.5 Å². The van der Waals surface area contributed by atoms with E-state index in [1.165, 1.54) is 18.2 Å². The van der Waals surface area contributed by atoms with Gasteiger partial charge in [-0.1, -0.05) is 36.4 Å². The van der Waals surface area contributed by atoms with E-state index >= 15 is 0 Å². The summed E-state index contributed by atoms with van der Waals surface area (Å²) >= 11 is 0. The quantitative estimate of drug-likeness (QED) is 0.619. The van der Waals surface area contributed by atoms with Gasteiger partial charge in [-0.25, -0.2) is 12.8 Å². The Hall–Kier alpha value is -3.23. The highest BCUT2D eigenvalue weighted by Crippen LogP contribution is 2.18. The smallest absolute Gasteiger partial charge is 0.261 e. The fourth-order valence-corrected chi connectivity index (χ4v) is 4.73. The molecule has 6 nitrogen and oxygen atoms in total. The highest BCUT2D eigenvalue weighted by Gasteiger charge is 2.23. The van der Waals surface area contributed by atoms with Gasteiger partial charge in [-0.2, -0.15) is 0 Å². The zero-order valence-corrected chi connectivity index (χ0v) is 18.3. The number of rotatable bonds is 6. The minimum atomic E-state index is -3.68. The molecule has 166 valence electrons. The maximum Gasteiger partial charge on any atom is 0.261 e. The predicted octanol–water partition coefficient (Wildman–Crippen LogP) is 3.58. The second kappa shape index (κ2) is 9.50. The number of piperazine rings is 1. The van der Waals surface area contributed by atoms with Crippen LogP contribution in [0.15, 0.2) is 83.8 Å². The standard InChI is InChI=1S/C24H24FN3O3S/c25-23-9-5-4-6-20(23)18-27-14-16-28(17-15-27)24(29)19-10-12-21(13-11-19)26-32(30,31)22-7-2-1-3-8-22/h1-13,26H,14-18H2. The van der Waals surface area contributed by atoms with Crippen molar-refractivity contribution in [3.8, 4) is 0 Å². The average molecular weight is 454 g/mol. The molecule has 0 radical (unpaired) electrons. The number of sulfonamides is 1. The van der Waals surface area contributed by atoms with E-state index < -0.39 is 10.0 Å². The van der Waals surface area contributed by atoms with E-state index in [1.807, 2.05) is 6.07 Å². The van der Waals surface area contributed by atoms with Gasteiger partial charge in [0.05, 0.1) is 4.90 Å². The third kappa shape index (κ3) is 5.15. The van der Waals surface area contributed by atoms with Crippen molar-refractivity contribution in [3.63, 3.8) is 0 Å². The first-order chi connectivity index (χ1) is 15.4. The Morgan fingerprint density at radius 1 is 0.844 bits per heavy atom. The number of amides is 1. The summed E-state index contributed by atoms with van der Waals surface area (Å²) in [6, 6.07) is 21.3. The number of nitrogens with zero attached hydrogens (tertiary/aromatic N) is 2. The lowest BCUT2D eigenvalue weighted by Crippen LogP contribution is -2.48. The number of hydrogen-bond acceptors (Lipinski definition) is 4. The highest BCUT2D eigenvalue weighted by atomic mass is 32.2. The van der Waals surface area contributed by atoms with Crippen LogP contribution in [0.3, 0.4) is 0 Å². The minimum absolute atomic E-state index is 0.104. The first-order valence-corrected chi connectivity index (χ1v) is 11.8. The Balaban J connectivity index is 1.34. The summed E-state index contributed by atoms with van der Waals surface area (Å²) in [4.78, 5) is 16.9. The lowest BCUT2D eigenvalue weighted by molar-refractivity contribution is 0.0627. The van der Waals surface area contributed by atoms with Crippen LogP contribution in [0.5, 0.6) is 0 Å². The summed E-state index contributed by atoms with van der Waals surface area (Å²) in [7, 11) is -3.68. The molecule has 1 heterocycles. The van der Waals surface area contributed by atoms with E-state index in [0.29, 0.717) is 49.5 Å². The SMILES string of the molecule is O=C(c1ccc(NS(=O)(=O)c2ccccc2)cc1)N1CCN(Cc2ccccc2F)CC1. The summed E-state index contributed by atoms with van der Waals surface area (Å²) in [5.74, 6) is -0.318. The Labute approximate surface area is 187 Å². The minimum Gasteiger partial charge on any atom is -0.336 e. The third-order valence-corrected chi connectivity index (χ3v) is 6.85. The maximum atomic E-state index is 13.9. The van der Waals surface area contributed by atoms with Gasteiger partial charge in [-0.05, 0) is 42.5 Å². The summed E-state index contributed by atoms with van der Waals surface area (Å²) < 4.78 is 41.3. The van der Waals surface area contributed by atoms with Crippen LogP contribution in [-0.4, -0.2) is 50.3 Å². The molecule has 3 aromatic carbocycles. The summed E-state index contributed by atoms with van der Waals surface area (Å²) in [5.41, 5.74) is 1.54. The number of carbonyl (C=O) groups excluding carboxylic acids is 1. The Kier molecular flexibility index (Phi) is 6.53. The number of hydrogen-bond donors (Lipinski definition) is 1. The van der Waals surface area contributed by atoms with Crippen LogP contribution in [0.1, 0.15) is 15.9 Å². The van der Waals surface area contributed by atoms with E-state index in [2.05, 4.69) is 9.62 Å². The number of anilines is 1. The lowest BCUT2D eigenvalue weighted by atomic mass is 10.1. The molecule has 1 amide bonds. The molecule has 0 spiro atoms. The Morgan fingerprint density at radius 3 is 2.12 bits per heavy atom. The van der Waals surface area contributed by atoms with Crippen LogP contribution in [0.25, 0.3) is 0 Å². The number of nitrogens with one attached hydrogen (secondary N) is 1. The molecule has 0 saturated carbocycles. The van der Waals surface area contributed by atoms with Crippen molar-refractivity contribution in [2.45, 2.75) is 11.4 Å². The molecule has 8 heteroatoms. The molecule has 0 atom stereocenters. The topological polar surface area (TPSA) is 69.7 Å². The molecule has 1 fully saturated rings. The second-order valence-electron chi connectivity index (χ2n) is 7.66. The van der Waals surface area contributed by atoms with Crippen LogP contribution in [-0.2, 0) is 16.6 Å². The Morgan fingerprint density at radius 2 is 1.47 bits per heavy atom. The van der Waals surface area contributed by atoms with Gasteiger partial charge in [0.25, 0.3) is 15.9 Å². The molecule has 1 aliphatic rings. The van der Waals surface area contributed by atoms with Gasteiger partial charge in [0.15, 0.2) is 0 Å². The normalized spacial score (nSPS) is 14.8. The molecular weight excluding hydrogens is 429 g/mol. The zero-order chi connectivity index (χ0) is 22.6. The zero-order valence-electron chi connectivity index (χ0n) is 17.4. The molecule has 0 bridgehead atoms. The van der Waals surface area contributed by atoms with E-state index in [9.17, 15) is 17.6 Å². The molecule has 1 aliphatic heterocycles. The number of benzene rings is 3. The molecule has 0 aromatic heterocycles. The van der Waals surface area contributed by atoms with Gasteiger partial charge in [-0.15, -0.1) is 0 Å². The summed E-state index contributed by atoms with van der Waals surface area (Å²) in [5, 5.41) is 0. The molecule has 0 unspecified atom stereocenters. The molecule has 0 aliphatic carbocycles. The maximum absolute atomic E-state index is 13.9. The molecule has 1 N–H and O–H groups in total. The van der Waals surface area contributed by atoms with Gasteiger partial charge in [0.2, 0.25) is 0 Å². The van der Waals surface area contributed by atoms with Crippen LogP contribution in [0, 0.1) is 5.82 Å². The van der Waals surface area contributed by atoms with Crippen molar-refractivity contribution in [1.29, 1.82) is 0 Å². The molecule has 1 saturated heterocycles. The fourth-order valence-electron chi connectivity index (χ4n) is 3.65. The summed E-state index contributed by atoms with van der Waals surface area (Å²) in [6.07, 6.45) is 0. The first kappa shape index (κ1) is 22.0. The summed E-state index contributed by atoms with van der Waals surface area (Å²) in [6.45, 7) is 2.94. The van der Waals surface area contributed by atoms with Gasteiger partial charge in [0, 0.05) is 49.5 Å². The van der Waals surface area contributed by atoms with E-state index in [0.717, 1.165) is 0 Å². The van der Waals surface area contributed by atoms with Crippen molar-refractivity contribution < 1.29 is 17.6 Å². The van der Waals surface area contributed by atoms with E-state index in [-0.39, 0.29) is 16.6 Å². The van der Waals surface area contributed by atoms with Crippen molar-refractivity contribution in [1.82, 2.24) is 9.80 Å². The second-order valence-corrected chi connectivity index (χ2v) is 9.34. The van der Waals surface area contributed by atoms with E-state index in [4.69, 9.17) is 0 Å². The lowest BCUT2D eigenvalue weighted by Gasteiger charge is -2.34. The molecule has 32 heavy (non-hydrogen) atoms. The van der Waals surface area contributed by atoms with Crippen LogP contribution >= 0.6 is 0 Å². The van der Waals surface area contributed by atoms with Gasteiger partial charge < -0.3 is 4.90 Å².